The minimum absolute atomic E-state index is 0.129. The van der Waals surface area contributed by atoms with Crippen molar-refractivity contribution in [1.29, 1.82) is 0 Å². The van der Waals surface area contributed by atoms with Crippen LogP contribution in [0.1, 0.15) is 64.5 Å². The lowest BCUT2D eigenvalue weighted by Crippen LogP contribution is -2.22. The maximum Gasteiger partial charge on any atom is 0.330 e. The van der Waals surface area contributed by atoms with Crippen LogP contribution in [0, 0.1) is 6.92 Å². The second-order valence-corrected chi connectivity index (χ2v) is 11.4. The molecule has 190 valence electrons. The Balaban J connectivity index is 1.89. The zero-order chi connectivity index (χ0) is 26.0. The van der Waals surface area contributed by atoms with E-state index in [1.165, 1.54) is 12.3 Å². The molecule has 1 aromatic heterocycles. The summed E-state index contributed by atoms with van der Waals surface area (Å²) in [6, 6.07) is 11.4. The van der Waals surface area contributed by atoms with E-state index in [1.54, 1.807) is 30.8 Å². The highest BCUT2D eigenvalue weighted by molar-refractivity contribution is 7.90. The number of nitrogens with one attached hydrogen (secondary N) is 1. The zero-order valence-corrected chi connectivity index (χ0v) is 21.8. The van der Waals surface area contributed by atoms with Gasteiger partial charge in [-0.2, -0.15) is 5.10 Å². The maximum atomic E-state index is 13.0. The van der Waals surface area contributed by atoms with Crippen molar-refractivity contribution in [2.75, 3.05) is 19.9 Å². The molecule has 0 unspecified atom stereocenters. The van der Waals surface area contributed by atoms with Gasteiger partial charge in [0.05, 0.1) is 23.1 Å². The van der Waals surface area contributed by atoms with Gasteiger partial charge >= 0.3 is 5.97 Å². The number of esters is 1. The standard InChI is InChI=1S/C27H31N3O5S/c1-5-35-25(31)8-6-7-24(36(4,33)34)21-16-23-22(15-20(21)18-11-12-18)26(27(32)28-3)30(29-23)19-13-9-17(2)10-14-19/h6,8-10,13-16,18,24H,5,7,11-12H2,1-4H3,(H,28,32)/t24-/m1/s1. The van der Waals surface area contributed by atoms with Crippen LogP contribution < -0.4 is 5.32 Å². The normalized spacial score (nSPS) is 14.8. The summed E-state index contributed by atoms with van der Waals surface area (Å²) >= 11 is 0. The molecule has 9 heteroatoms. The first-order valence-electron chi connectivity index (χ1n) is 12.0. The van der Waals surface area contributed by atoms with E-state index >= 15 is 0 Å². The topological polar surface area (TPSA) is 107 Å². The van der Waals surface area contributed by atoms with Crippen molar-refractivity contribution in [2.45, 2.75) is 44.3 Å². The molecule has 0 aliphatic heterocycles. The minimum atomic E-state index is -3.52. The number of benzene rings is 2. The molecule has 0 bridgehead atoms. The Kier molecular flexibility index (Phi) is 7.31. The summed E-state index contributed by atoms with van der Waals surface area (Å²) in [6.07, 6.45) is 6.06. The highest BCUT2D eigenvalue weighted by Crippen LogP contribution is 2.46. The molecule has 1 atom stereocenters. The Morgan fingerprint density at radius 3 is 2.50 bits per heavy atom. The van der Waals surface area contributed by atoms with E-state index in [9.17, 15) is 18.0 Å². The van der Waals surface area contributed by atoms with Crippen molar-refractivity contribution in [3.05, 3.63) is 70.9 Å². The second-order valence-electron chi connectivity index (χ2n) is 9.16. The SMILES string of the molecule is CCOC(=O)C=CC[C@H](c1cc2nn(-c3ccc(C)cc3)c(C(=O)NC)c2cc1C1CC1)S(C)(=O)=O. The summed E-state index contributed by atoms with van der Waals surface area (Å²) in [5, 5.41) is 7.26. The molecule has 3 aromatic rings. The summed E-state index contributed by atoms with van der Waals surface area (Å²) in [6.45, 7) is 3.95. The molecular formula is C27H31N3O5S. The number of hydrogen-bond acceptors (Lipinski definition) is 6. The van der Waals surface area contributed by atoms with Gasteiger partial charge in [-0.3, -0.25) is 4.79 Å². The Hall–Kier alpha value is -3.46. The first-order valence-corrected chi connectivity index (χ1v) is 14.0. The fourth-order valence-electron chi connectivity index (χ4n) is 4.41. The van der Waals surface area contributed by atoms with Gasteiger partial charge in [0.2, 0.25) is 0 Å². The number of hydrogen-bond donors (Lipinski definition) is 1. The largest absolute Gasteiger partial charge is 0.463 e. The Labute approximate surface area is 211 Å². The van der Waals surface area contributed by atoms with Gasteiger partial charge in [-0.1, -0.05) is 23.8 Å². The number of sulfone groups is 1. The van der Waals surface area contributed by atoms with Gasteiger partial charge in [-0.25, -0.2) is 17.9 Å². The van der Waals surface area contributed by atoms with E-state index < -0.39 is 21.1 Å². The molecule has 1 fully saturated rings. The Morgan fingerprint density at radius 1 is 1.22 bits per heavy atom. The number of fused-ring (bicyclic) bond motifs is 1. The number of aryl methyl sites for hydroxylation is 1. The van der Waals surface area contributed by atoms with Gasteiger partial charge in [-0.05, 0) is 74.4 Å². The summed E-state index contributed by atoms with van der Waals surface area (Å²) in [5.41, 5.74) is 4.35. The third-order valence-corrected chi connectivity index (χ3v) is 7.85. The zero-order valence-electron chi connectivity index (χ0n) is 20.9. The summed E-state index contributed by atoms with van der Waals surface area (Å²) < 4.78 is 32.3. The third kappa shape index (κ3) is 5.36. The van der Waals surface area contributed by atoms with Gasteiger partial charge in [0.15, 0.2) is 9.84 Å². The van der Waals surface area contributed by atoms with E-state index in [4.69, 9.17) is 9.84 Å². The van der Waals surface area contributed by atoms with Crippen LogP contribution >= 0.6 is 0 Å². The van der Waals surface area contributed by atoms with Crippen LogP contribution in [0.2, 0.25) is 0 Å². The van der Waals surface area contributed by atoms with Crippen LogP contribution in [0.3, 0.4) is 0 Å². The molecule has 1 amide bonds. The molecule has 1 aliphatic carbocycles. The number of carbonyl (C=O) groups is 2. The molecule has 2 aromatic carbocycles. The summed E-state index contributed by atoms with van der Waals surface area (Å²) in [4.78, 5) is 24.7. The van der Waals surface area contributed by atoms with Crippen LogP contribution in [0.15, 0.2) is 48.6 Å². The van der Waals surface area contributed by atoms with E-state index in [1.807, 2.05) is 37.3 Å². The predicted octanol–water partition coefficient (Wildman–Crippen LogP) is 4.17. The molecule has 1 N–H and O–H groups in total. The van der Waals surface area contributed by atoms with Gasteiger partial charge in [-0.15, -0.1) is 0 Å². The van der Waals surface area contributed by atoms with E-state index in [0.717, 1.165) is 29.7 Å². The maximum absolute atomic E-state index is 13.0. The fraction of sp³-hybridized carbons (Fsp3) is 0.370. The van der Waals surface area contributed by atoms with Gasteiger partial charge in [0.25, 0.3) is 5.91 Å². The third-order valence-electron chi connectivity index (χ3n) is 6.37. The van der Waals surface area contributed by atoms with Crippen LogP contribution in [-0.4, -0.2) is 50.0 Å². The predicted molar refractivity (Wildman–Crippen MR) is 139 cm³/mol. The average molecular weight is 510 g/mol. The number of rotatable bonds is 9. The first-order chi connectivity index (χ1) is 17.1. The highest BCUT2D eigenvalue weighted by atomic mass is 32.2. The minimum Gasteiger partial charge on any atom is -0.463 e. The lowest BCUT2D eigenvalue weighted by Gasteiger charge is -2.18. The number of allylic oxidation sites excluding steroid dienone is 1. The lowest BCUT2D eigenvalue weighted by molar-refractivity contribution is -0.137. The highest BCUT2D eigenvalue weighted by Gasteiger charge is 2.33. The Morgan fingerprint density at radius 2 is 1.92 bits per heavy atom. The van der Waals surface area contributed by atoms with Crippen LogP contribution in [0.5, 0.6) is 0 Å². The molecule has 0 saturated heterocycles. The van der Waals surface area contributed by atoms with Gasteiger partial charge in [0.1, 0.15) is 5.69 Å². The number of ether oxygens (including phenoxy) is 1. The molecule has 0 radical (unpaired) electrons. The molecule has 36 heavy (non-hydrogen) atoms. The van der Waals surface area contributed by atoms with Gasteiger partial charge < -0.3 is 10.1 Å². The monoisotopic (exact) mass is 509 g/mol. The van der Waals surface area contributed by atoms with Crippen molar-refractivity contribution in [2.24, 2.45) is 0 Å². The molecular weight excluding hydrogens is 478 g/mol. The number of amides is 1. The fourth-order valence-corrected chi connectivity index (χ4v) is 5.54. The second kappa shape index (κ2) is 10.3. The first kappa shape index (κ1) is 25.6. The van der Waals surface area contributed by atoms with Gasteiger partial charge in [0, 0.05) is 24.8 Å². The number of nitrogens with zero attached hydrogens (tertiary/aromatic N) is 2. The average Bonchev–Trinajstić information content (AvgIpc) is 3.61. The lowest BCUT2D eigenvalue weighted by atomic mass is 9.96. The summed E-state index contributed by atoms with van der Waals surface area (Å²) in [7, 11) is -1.95. The summed E-state index contributed by atoms with van der Waals surface area (Å²) in [5.74, 6) is -0.553. The van der Waals surface area contributed by atoms with Crippen LogP contribution in [0.25, 0.3) is 16.6 Å². The van der Waals surface area contributed by atoms with Crippen molar-refractivity contribution in [3.8, 4) is 5.69 Å². The van der Waals surface area contributed by atoms with E-state index in [2.05, 4.69) is 5.32 Å². The van der Waals surface area contributed by atoms with E-state index in [0.29, 0.717) is 22.2 Å². The number of aromatic nitrogens is 2. The molecule has 1 heterocycles. The molecule has 1 saturated carbocycles. The van der Waals surface area contributed by atoms with Crippen LogP contribution in [0.4, 0.5) is 0 Å². The molecule has 0 spiro atoms. The van der Waals surface area contributed by atoms with Crippen molar-refractivity contribution in [3.63, 3.8) is 0 Å². The quantitative estimate of drug-likeness (QED) is 0.343. The molecule has 4 rings (SSSR count). The van der Waals surface area contributed by atoms with Crippen molar-refractivity contribution in [1.82, 2.24) is 15.1 Å². The smallest absolute Gasteiger partial charge is 0.330 e. The van der Waals surface area contributed by atoms with Crippen molar-refractivity contribution >= 4 is 32.6 Å². The Bertz CT molecular complexity index is 1430. The molecule has 1 aliphatic rings. The van der Waals surface area contributed by atoms with Crippen LogP contribution in [-0.2, 0) is 19.4 Å². The molecule has 8 nitrogen and oxygen atoms in total. The van der Waals surface area contributed by atoms with E-state index in [-0.39, 0.29) is 24.9 Å². The van der Waals surface area contributed by atoms with Crippen molar-refractivity contribution < 1.29 is 22.7 Å². The number of carbonyl (C=O) groups excluding carboxylic acids is 2.